The summed E-state index contributed by atoms with van der Waals surface area (Å²) < 4.78 is 78.0. The van der Waals surface area contributed by atoms with Gasteiger partial charge in [0.2, 0.25) is 0 Å². The van der Waals surface area contributed by atoms with Crippen LogP contribution in [0, 0.1) is 0 Å². The van der Waals surface area contributed by atoms with E-state index in [1.807, 2.05) is 0 Å². The molecule has 0 saturated carbocycles. The van der Waals surface area contributed by atoms with Crippen LogP contribution in [0.25, 0.3) is 0 Å². The van der Waals surface area contributed by atoms with Gasteiger partial charge in [0.05, 0.1) is 0 Å². The van der Waals surface area contributed by atoms with Crippen LogP contribution in [0.15, 0.2) is 0 Å². The minimum atomic E-state index is -6.00. The van der Waals surface area contributed by atoms with Crippen molar-refractivity contribution in [1.82, 2.24) is 10.6 Å². The van der Waals surface area contributed by atoms with E-state index in [4.69, 9.17) is 0 Å². The molecule has 0 aromatic carbocycles. The Morgan fingerprint density at radius 1 is 0.650 bits per heavy atom. The van der Waals surface area contributed by atoms with Crippen molar-refractivity contribution in [2.24, 2.45) is 0 Å². The molecule has 0 aliphatic carbocycles. The largest absolute Gasteiger partial charge is 2.00 e. The average Bonchev–Trinajstić information content (AvgIpc) is 2.12. The fraction of sp³-hybridized carbons (Fsp3) is 1.00. The predicted molar refractivity (Wildman–Crippen MR) is 62.1 cm³/mol. The summed E-state index contributed by atoms with van der Waals surface area (Å²) in [6.07, 6.45) is 1.24. The summed E-state index contributed by atoms with van der Waals surface area (Å²) in [5.41, 5.74) is 0. The molecule has 20 heavy (non-hydrogen) atoms. The molecule has 0 unspecified atom stereocenters. The van der Waals surface area contributed by atoms with Crippen molar-refractivity contribution in [2.75, 3.05) is 26.2 Å². The molecule has 0 heterocycles. The van der Waals surface area contributed by atoms with Crippen LogP contribution in [-0.2, 0) is 17.1 Å². The molecule has 0 saturated heterocycles. The second kappa shape index (κ2) is 17.1. The molecule has 2 N–H and O–H groups in total. The second-order valence-electron chi connectivity index (χ2n) is 3.05. The fourth-order valence-corrected chi connectivity index (χ4v) is 0.692. The zero-order valence-corrected chi connectivity index (χ0v) is 12.0. The van der Waals surface area contributed by atoms with Crippen molar-refractivity contribution >= 4 is 14.5 Å². The molecule has 0 aromatic rings. The van der Waals surface area contributed by atoms with Crippen molar-refractivity contribution in [2.45, 2.75) is 20.3 Å². The number of hydrogen-bond acceptors (Lipinski definition) is 2. The van der Waals surface area contributed by atoms with E-state index < -0.39 is 14.5 Å². The number of nitrogens with one attached hydrogen (secondary N) is 2. The molecule has 1 radical (unpaired) electrons. The standard InChI is InChI=1S/C7H18N2.2BF4.Cu/c1-3-8-6-5-7-9-4-2;2*2-1(3,4)5;/h8-9H,3-7H2,1-2H3;;;/q;2*-1;+2. The van der Waals surface area contributed by atoms with Crippen molar-refractivity contribution in [3.05, 3.63) is 0 Å². The smallest absolute Gasteiger partial charge is 0.418 e. The van der Waals surface area contributed by atoms with Gasteiger partial charge in [-0.3, -0.25) is 0 Å². The third-order valence-corrected chi connectivity index (χ3v) is 1.21. The van der Waals surface area contributed by atoms with Crippen molar-refractivity contribution in [3.8, 4) is 0 Å². The van der Waals surface area contributed by atoms with Gasteiger partial charge in [0.15, 0.2) is 0 Å². The summed E-state index contributed by atoms with van der Waals surface area (Å²) in [7, 11) is -12.0. The molecule has 0 aromatic heterocycles. The second-order valence-corrected chi connectivity index (χ2v) is 3.05. The van der Waals surface area contributed by atoms with Crippen LogP contribution in [0.3, 0.4) is 0 Å². The predicted octanol–water partition coefficient (Wildman–Crippen LogP) is 3.19. The summed E-state index contributed by atoms with van der Waals surface area (Å²) in [4.78, 5) is 0. The quantitative estimate of drug-likeness (QED) is 0.428. The summed E-state index contributed by atoms with van der Waals surface area (Å²) in [6, 6.07) is 0. The Hall–Kier alpha value is 0.00935. The summed E-state index contributed by atoms with van der Waals surface area (Å²) in [5.74, 6) is 0. The first-order valence-corrected chi connectivity index (χ1v) is 5.57. The minimum absolute atomic E-state index is 0. The third-order valence-electron chi connectivity index (χ3n) is 1.21. The van der Waals surface area contributed by atoms with Gasteiger partial charge in [-0.05, 0) is 32.6 Å². The van der Waals surface area contributed by atoms with Gasteiger partial charge in [0.1, 0.15) is 0 Å². The van der Waals surface area contributed by atoms with Gasteiger partial charge in [0, 0.05) is 0 Å². The topological polar surface area (TPSA) is 24.1 Å². The van der Waals surface area contributed by atoms with Gasteiger partial charge in [-0.15, -0.1) is 0 Å². The molecule has 0 fully saturated rings. The van der Waals surface area contributed by atoms with E-state index >= 15 is 0 Å². The Morgan fingerprint density at radius 3 is 1.00 bits per heavy atom. The molecule has 0 amide bonds. The third kappa shape index (κ3) is 144. The molecule has 0 rings (SSSR count). The van der Waals surface area contributed by atoms with Crippen LogP contribution in [-0.4, -0.2) is 40.7 Å². The zero-order chi connectivity index (χ0) is 15.9. The van der Waals surface area contributed by atoms with Gasteiger partial charge in [-0.2, -0.15) is 0 Å². The van der Waals surface area contributed by atoms with E-state index in [2.05, 4.69) is 24.5 Å². The summed E-state index contributed by atoms with van der Waals surface area (Å²) >= 11 is 0. The van der Waals surface area contributed by atoms with Gasteiger partial charge in [-0.1, -0.05) is 13.8 Å². The van der Waals surface area contributed by atoms with E-state index in [0.29, 0.717) is 0 Å². The van der Waals surface area contributed by atoms with Crippen LogP contribution in [0.1, 0.15) is 20.3 Å². The summed E-state index contributed by atoms with van der Waals surface area (Å²) in [5, 5.41) is 6.53. The van der Waals surface area contributed by atoms with Crippen LogP contribution in [0.4, 0.5) is 34.5 Å². The molecule has 0 bridgehead atoms. The van der Waals surface area contributed by atoms with E-state index in [9.17, 15) is 34.5 Å². The molecule has 13 heteroatoms. The van der Waals surface area contributed by atoms with Crippen LogP contribution in [0.5, 0.6) is 0 Å². The molecule has 0 atom stereocenters. The van der Waals surface area contributed by atoms with Crippen LogP contribution in [0.2, 0.25) is 0 Å². The van der Waals surface area contributed by atoms with Crippen molar-refractivity contribution < 1.29 is 51.6 Å². The van der Waals surface area contributed by atoms with Crippen molar-refractivity contribution in [1.29, 1.82) is 0 Å². The molecular weight excluding hydrogens is 349 g/mol. The molecule has 2 nitrogen and oxygen atoms in total. The van der Waals surface area contributed by atoms with Gasteiger partial charge in [-0.25, -0.2) is 0 Å². The normalized spacial score (nSPS) is 10.5. The number of hydrogen-bond donors (Lipinski definition) is 2. The first-order valence-electron chi connectivity index (χ1n) is 5.57. The van der Waals surface area contributed by atoms with E-state index in [1.165, 1.54) is 6.42 Å². The van der Waals surface area contributed by atoms with Crippen LogP contribution >= 0.6 is 0 Å². The van der Waals surface area contributed by atoms with Gasteiger partial charge >= 0.3 is 31.6 Å². The Kier molecular flexibility index (Phi) is 24.1. The van der Waals surface area contributed by atoms with E-state index in [1.54, 1.807) is 0 Å². The molecule has 0 spiro atoms. The summed E-state index contributed by atoms with van der Waals surface area (Å²) in [6.45, 7) is 8.73. The van der Waals surface area contributed by atoms with Gasteiger partial charge < -0.3 is 45.2 Å². The number of halogens is 8. The zero-order valence-electron chi connectivity index (χ0n) is 11.0. The molecule has 0 aliphatic rings. The number of rotatable bonds is 6. The van der Waals surface area contributed by atoms with E-state index in [0.717, 1.165) is 26.2 Å². The average molecular weight is 367 g/mol. The minimum Gasteiger partial charge on any atom is -0.418 e. The Balaban J connectivity index is -0.000000101. The Bertz CT molecular complexity index is 151. The SMILES string of the molecule is CCNCCCNCC.F[B-](F)(F)F.F[B-](F)(F)F.[Cu+2]. The van der Waals surface area contributed by atoms with Gasteiger partial charge in [0.25, 0.3) is 0 Å². The first kappa shape index (κ1) is 28.2. The molecular formula is C7H18B2CuF8N2. The fourth-order valence-electron chi connectivity index (χ4n) is 0.692. The Morgan fingerprint density at radius 2 is 0.850 bits per heavy atom. The first-order chi connectivity index (χ1) is 8.41. The Labute approximate surface area is 124 Å². The maximum atomic E-state index is 9.75. The molecule has 129 valence electrons. The maximum absolute atomic E-state index is 9.75. The van der Waals surface area contributed by atoms with Crippen LogP contribution < -0.4 is 10.6 Å². The monoisotopic (exact) mass is 367 g/mol. The molecule has 0 aliphatic heterocycles. The maximum Gasteiger partial charge on any atom is 2.00 e. The van der Waals surface area contributed by atoms with Crippen molar-refractivity contribution in [3.63, 3.8) is 0 Å². The van der Waals surface area contributed by atoms with E-state index in [-0.39, 0.29) is 17.1 Å².